The van der Waals surface area contributed by atoms with Gasteiger partial charge in [0.1, 0.15) is 28.5 Å². The molecule has 1 aliphatic rings. The molecule has 0 N–H and O–H groups in total. The minimum atomic E-state index is -3.43. The summed E-state index contributed by atoms with van der Waals surface area (Å²) in [5.74, 6) is 1.55. The molecule has 0 radical (unpaired) electrons. The van der Waals surface area contributed by atoms with Crippen molar-refractivity contribution in [2.24, 2.45) is 0 Å². The maximum atomic E-state index is 12.9. The molecule has 0 aliphatic carbocycles. The Bertz CT molecular complexity index is 1110. The van der Waals surface area contributed by atoms with Crippen LogP contribution in [-0.2, 0) is 16.4 Å². The van der Waals surface area contributed by atoms with Crippen molar-refractivity contribution in [2.75, 3.05) is 31.1 Å². The van der Waals surface area contributed by atoms with Crippen molar-refractivity contribution in [1.29, 1.82) is 0 Å². The van der Waals surface area contributed by atoms with Crippen LogP contribution in [0, 0.1) is 13.8 Å². The molecule has 1 saturated heterocycles. The second-order valence-corrected chi connectivity index (χ2v) is 10.3. The Morgan fingerprint density at radius 3 is 2.38 bits per heavy atom. The Balaban J connectivity index is 1.49. The standard InChI is InChI=1S/C19H24N6O2S2/c1-4-16-5-6-19(28-16)29(26,27)24-9-7-23(8-10-24)17-11-18(21-12-20-17)25-13-22-14(2)15(25)3/h5-6,11-13H,4,7-10H2,1-3H3. The predicted molar refractivity (Wildman–Crippen MR) is 113 cm³/mol. The largest absolute Gasteiger partial charge is 0.354 e. The third-order valence-electron chi connectivity index (χ3n) is 5.28. The van der Waals surface area contributed by atoms with E-state index < -0.39 is 10.0 Å². The van der Waals surface area contributed by atoms with Gasteiger partial charge in [-0.3, -0.25) is 4.57 Å². The molecule has 0 spiro atoms. The molecule has 10 heteroatoms. The number of nitrogens with zero attached hydrogens (tertiary/aromatic N) is 6. The van der Waals surface area contributed by atoms with Crippen LogP contribution in [0.2, 0.25) is 0 Å². The zero-order chi connectivity index (χ0) is 20.6. The molecule has 29 heavy (non-hydrogen) atoms. The highest BCUT2D eigenvalue weighted by Gasteiger charge is 2.30. The molecule has 0 unspecified atom stereocenters. The summed E-state index contributed by atoms with van der Waals surface area (Å²) >= 11 is 1.36. The van der Waals surface area contributed by atoms with Crippen LogP contribution in [0.25, 0.3) is 5.82 Å². The number of hydrogen-bond donors (Lipinski definition) is 0. The van der Waals surface area contributed by atoms with E-state index in [2.05, 4.69) is 19.9 Å². The molecule has 0 bridgehead atoms. The molecule has 3 aromatic rings. The van der Waals surface area contributed by atoms with Crippen LogP contribution >= 0.6 is 11.3 Å². The maximum absolute atomic E-state index is 12.9. The molecular weight excluding hydrogens is 408 g/mol. The lowest BCUT2D eigenvalue weighted by Gasteiger charge is -2.34. The van der Waals surface area contributed by atoms with E-state index in [0.717, 1.165) is 34.3 Å². The van der Waals surface area contributed by atoms with Gasteiger partial charge >= 0.3 is 0 Å². The SMILES string of the molecule is CCc1ccc(S(=O)(=O)N2CCN(c3cc(-n4cnc(C)c4C)ncn3)CC2)s1. The van der Waals surface area contributed by atoms with Crippen molar-refractivity contribution in [3.63, 3.8) is 0 Å². The fourth-order valence-corrected chi connectivity index (χ4v) is 6.22. The lowest BCUT2D eigenvalue weighted by atomic mass is 10.3. The number of piperazine rings is 1. The molecule has 0 saturated carbocycles. The summed E-state index contributed by atoms with van der Waals surface area (Å²) in [6.07, 6.45) is 4.15. The van der Waals surface area contributed by atoms with E-state index in [4.69, 9.17) is 0 Å². The van der Waals surface area contributed by atoms with Crippen molar-refractivity contribution >= 4 is 27.2 Å². The number of aryl methyl sites for hydroxylation is 2. The van der Waals surface area contributed by atoms with Crippen LogP contribution in [0.1, 0.15) is 23.2 Å². The van der Waals surface area contributed by atoms with Crippen LogP contribution in [0.5, 0.6) is 0 Å². The lowest BCUT2D eigenvalue weighted by Crippen LogP contribution is -2.48. The molecule has 0 aromatic carbocycles. The van der Waals surface area contributed by atoms with Gasteiger partial charge in [-0.25, -0.2) is 23.4 Å². The first kappa shape index (κ1) is 20.0. The third kappa shape index (κ3) is 3.79. The average molecular weight is 433 g/mol. The average Bonchev–Trinajstić information content (AvgIpc) is 3.36. The maximum Gasteiger partial charge on any atom is 0.252 e. The first-order valence-electron chi connectivity index (χ1n) is 9.57. The number of aromatic nitrogens is 4. The zero-order valence-electron chi connectivity index (χ0n) is 16.7. The molecule has 1 aliphatic heterocycles. The number of thiophene rings is 1. The minimum Gasteiger partial charge on any atom is -0.354 e. The van der Waals surface area contributed by atoms with E-state index in [1.807, 2.05) is 37.5 Å². The second-order valence-electron chi connectivity index (χ2n) is 6.99. The fraction of sp³-hybridized carbons (Fsp3) is 0.421. The summed E-state index contributed by atoms with van der Waals surface area (Å²) in [6.45, 7) is 8.04. The van der Waals surface area contributed by atoms with E-state index in [0.29, 0.717) is 30.4 Å². The molecule has 3 aromatic heterocycles. The number of anilines is 1. The van der Waals surface area contributed by atoms with Crippen LogP contribution in [0.15, 0.2) is 35.1 Å². The predicted octanol–water partition coefficient (Wildman–Crippen LogP) is 2.41. The Labute approximate surface area is 174 Å². The van der Waals surface area contributed by atoms with Gasteiger partial charge in [0.15, 0.2) is 0 Å². The molecule has 0 amide bonds. The number of rotatable bonds is 5. The van der Waals surface area contributed by atoms with Crippen LogP contribution in [-0.4, -0.2) is 58.4 Å². The normalized spacial score (nSPS) is 15.8. The smallest absolute Gasteiger partial charge is 0.252 e. The summed E-state index contributed by atoms with van der Waals surface area (Å²) in [5, 5.41) is 0. The van der Waals surface area contributed by atoms with Gasteiger partial charge in [0, 0.05) is 42.8 Å². The van der Waals surface area contributed by atoms with E-state index in [9.17, 15) is 8.42 Å². The lowest BCUT2D eigenvalue weighted by molar-refractivity contribution is 0.384. The monoisotopic (exact) mass is 432 g/mol. The molecule has 8 nitrogen and oxygen atoms in total. The van der Waals surface area contributed by atoms with Gasteiger partial charge in [-0.15, -0.1) is 11.3 Å². The first-order chi connectivity index (χ1) is 13.9. The van der Waals surface area contributed by atoms with Gasteiger partial charge in [0.2, 0.25) is 0 Å². The summed E-state index contributed by atoms with van der Waals surface area (Å²) in [6, 6.07) is 5.54. The topological polar surface area (TPSA) is 84.2 Å². The van der Waals surface area contributed by atoms with E-state index in [1.54, 1.807) is 23.0 Å². The Morgan fingerprint density at radius 1 is 1.03 bits per heavy atom. The van der Waals surface area contributed by atoms with Gasteiger partial charge in [-0.1, -0.05) is 6.92 Å². The van der Waals surface area contributed by atoms with E-state index in [-0.39, 0.29) is 0 Å². The minimum absolute atomic E-state index is 0.429. The summed E-state index contributed by atoms with van der Waals surface area (Å²) < 4.78 is 29.8. The molecule has 4 heterocycles. The van der Waals surface area contributed by atoms with Gasteiger partial charge < -0.3 is 4.90 Å². The third-order valence-corrected chi connectivity index (χ3v) is 8.87. The molecule has 1 fully saturated rings. The molecule has 4 rings (SSSR count). The summed E-state index contributed by atoms with van der Waals surface area (Å²) in [4.78, 5) is 16.3. The van der Waals surface area contributed by atoms with Gasteiger partial charge in [0.05, 0.1) is 5.69 Å². The Hall–Kier alpha value is -2.30. The van der Waals surface area contributed by atoms with Crippen molar-refractivity contribution in [3.8, 4) is 5.82 Å². The second kappa shape index (κ2) is 7.85. The fourth-order valence-electron chi connectivity index (χ4n) is 3.34. The zero-order valence-corrected chi connectivity index (χ0v) is 18.4. The highest BCUT2D eigenvalue weighted by molar-refractivity contribution is 7.91. The Kier molecular flexibility index (Phi) is 5.41. The van der Waals surface area contributed by atoms with Crippen molar-refractivity contribution in [1.82, 2.24) is 23.8 Å². The van der Waals surface area contributed by atoms with Crippen molar-refractivity contribution in [2.45, 2.75) is 31.4 Å². The number of hydrogen-bond acceptors (Lipinski definition) is 7. The van der Waals surface area contributed by atoms with Crippen LogP contribution < -0.4 is 4.90 Å². The van der Waals surface area contributed by atoms with E-state index in [1.165, 1.54) is 11.3 Å². The van der Waals surface area contributed by atoms with Gasteiger partial charge in [-0.2, -0.15) is 4.31 Å². The highest BCUT2D eigenvalue weighted by atomic mass is 32.2. The number of sulfonamides is 1. The molecule has 0 atom stereocenters. The van der Waals surface area contributed by atoms with Crippen molar-refractivity contribution in [3.05, 3.63) is 47.1 Å². The highest BCUT2D eigenvalue weighted by Crippen LogP contribution is 2.27. The van der Waals surface area contributed by atoms with Crippen molar-refractivity contribution < 1.29 is 8.42 Å². The van der Waals surface area contributed by atoms with E-state index >= 15 is 0 Å². The van der Waals surface area contributed by atoms with Gasteiger partial charge in [-0.05, 0) is 32.4 Å². The molecular formula is C19H24N6O2S2. The quantitative estimate of drug-likeness (QED) is 0.616. The first-order valence-corrected chi connectivity index (χ1v) is 11.8. The molecule has 154 valence electrons. The van der Waals surface area contributed by atoms with Crippen LogP contribution in [0.4, 0.5) is 5.82 Å². The summed E-state index contributed by atoms with van der Waals surface area (Å²) in [7, 11) is -3.43. The van der Waals surface area contributed by atoms with Gasteiger partial charge in [0.25, 0.3) is 10.0 Å². The summed E-state index contributed by atoms with van der Waals surface area (Å²) in [5.41, 5.74) is 2.00. The Morgan fingerprint density at radius 2 is 1.76 bits per heavy atom. The van der Waals surface area contributed by atoms with Crippen LogP contribution in [0.3, 0.4) is 0 Å². The number of imidazole rings is 1.